The van der Waals surface area contributed by atoms with Crippen LogP contribution in [0.2, 0.25) is 19.6 Å². The standard InChI is InChI=1S/C38H51NOSi/c1-5-6-7-8-18-25-35(33-23-16-11-17-24-33)37(40)38(41(2,3)4)36-26-27-39(29-32-21-14-10-15-22-32)30-34(36)28-31-19-12-9-13-20-31/h9-17,19-24,28,35,37,40H,5-8,18,25-27,29-30H2,1-4H3/b34-28-,38-36+. The Morgan fingerprint density at radius 1 is 0.829 bits per heavy atom. The van der Waals surface area contributed by atoms with E-state index in [-0.39, 0.29) is 5.92 Å². The topological polar surface area (TPSA) is 23.5 Å². The summed E-state index contributed by atoms with van der Waals surface area (Å²) in [5.74, 6) is 0.132. The molecule has 0 bridgehead atoms. The SMILES string of the molecule is CCCCCCCC(c1ccccc1)C(O)/C(=C1/CCN(Cc2ccccc2)C/C1=C/c1ccccc1)[Si](C)(C)C. The van der Waals surface area contributed by atoms with E-state index in [1.54, 1.807) is 0 Å². The van der Waals surface area contributed by atoms with Gasteiger partial charge in [0.25, 0.3) is 0 Å². The summed E-state index contributed by atoms with van der Waals surface area (Å²) in [6.07, 6.45) is 10.2. The molecule has 0 spiro atoms. The maximum atomic E-state index is 12.4. The summed E-state index contributed by atoms with van der Waals surface area (Å²) in [7, 11) is -1.88. The molecule has 1 heterocycles. The highest BCUT2D eigenvalue weighted by Crippen LogP contribution is 2.39. The van der Waals surface area contributed by atoms with E-state index in [9.17, 15) is 5.11 Å². The Hall–Kier alpha value is -2.72. The third-order valence-electron chi connectivity index (χ3n) is 8.51. The number of aliphatic hydroxyl groups excluding tert-OH is 1. The molecule has 4 rings (SSSR count). The molecule has 2 unspecified atom stereocenters. The second-order valence-corrected chi connectivity index (χ2v) is 17.9. The fourth-order valence-corrected chi connectivity index (χ4v) is 8.74. The number of nitrogens with zero attached hydrogens (tertiary/aromatic N) is 1. The van der Waals surface area contributed by atoms with E-state index in [0.717, 1.165) is 32.5 Å². The smallest absolute Gasteiger partial charge is 0.0789 e. The van der Waals surface area contributed by atoms with E-state index in [1.807, 2.05) is 0 Å². The molecule has 2 nitrogen and oxygen atoms in total. The molecule has 1 saturated heterocycles. The van der Waals surface area contributed by atoms with Gasteiger partial charge in [-0.2, -0.15) is 0 Å². The number of benzene rings is 3. The highest BCUT2D eigenvalue weighted by Gasteiger charge is 2.36. The number of rotatable bonds is 13. The molecule has 0 saturated carbocycles. The van der Waals surface area contributed by atoms with Gasteiger partial charge in [0.2, 0.25) is 0 Å². The Kier molecular flexibility index (Phi) is 11.8. The average Bonchev–Trinajstić information content (AvgIpc) is 2.97. The normalized spacial score (nSPS) is 18.3. The van der Waals surface area contributed by atoms with Crippen LogP contribution in [0.3, 0.4) is 0 Å². The lowest BCUT2D eigenvalue weighted by Gasteiger charge is -2.39. The highest BCUT2D eigenvalue weighted by atomic mass is 28.3. The van der Waals surface area contributed by atoms with Crippen molar-refractivity contribution in [2.24, 2.45) is 0 Å². The van der Waals surface area contributed by atoms with Gasteiger partial charge in [-0.3, -0.25) is 4.90 Å². The zero-order valence-corrected chi connectivity index (χ0v) is 26.9. The van der Waals surface area contributed by atoms with Crippen LogP contribution in [-0.4, -0.2) is 37.3 Å². The number of hydrogen-bond acceptors (Lipinski definition) is 2. The number of aliphatic hydroxyl groups is 1. The lowest BCUT2D eigenvalue weighted by atomic mass is 9.85. The van der Waals surface area contributed by atoms with Gasteiger partial charge >= 0.3 is 0 Å². The Labute approximate surface area is 250 Å². The Balaban J connectivity index is 1.72. The first-order valence-electron chi connectivity index (χ1n) is 15.9. The van der Waals surface area contributed by atoms with Crippen LogP contribution in [0.25, 0.3) is 6.08 Å². The zero-order chi connectivity index (χ0) is 29.1. The predicted molar refractivity (Wildman–Crippen MR) is 180 cm³/mol. The van der Waals surface area contributed by atoms with E-state index >= 15 is 0 Å². The molecular weight excluding hydrogens is 515 g/mol. The third kappa shape index (κ3) is 9.13. The van der Waals surface area contributed by atoms with Crippen molar-refractivity contribution in [1.29, 1.82) is 0 Å². The van der Waals surface area contributed by atoms with Crippen LogP contribution >= 0.6 is 0 Å². The van der Waals surface area contributed by atoms with E-state index in [4.69, 9.17) is 0 Å². The average molecular weight is 566 g/mol. The summed E-state index contributed by atoms with van der Waals surface area (Å²) in [4.78, 5) is 2.57. The first-order valence-corrected chi connectivity index (χ1v) is 19.4. The van der Waals surface area contributed by atoms with Crippen molar-refractivity contribution < 1.29 is 5.11 Å². The molecule has 3 aromatic rings. The molecule has 1 aliphatic rings. The van der Waals surface area contributed by atoms with Crippen molar-refractivity contribution in [3.05, 3.63) is 124 Å². The van der Waals surface area contributed by atoms with Crippen LogP contribution in [0.1, 0.15) is 74.5 Å². The third-order valence-corrected chi connectivity index (χ3v) is 10.7. The molecule has 0 amide bonds. The molecule has 0 aliphatic carbocycles. The molecular formula is C38H51NOSi. The number of unbranched alkanes of at least 4 members (excludes halogenated alkanes) is 4. The Morgan fingerprint density at radius 2 is 1.44 bits per heavy atom. The number of hydrogen-bond donors (Lipinski definition) is 1. The monoisotopic (exact) mass is 565 g/mol. The minimum Gasteiger partial charge on any atom is -0.388 e. The minimum absolute atomic E-state index is 0.132. The van der Waals surface area contributed by atoms with E-state index in [1.165, 1.54) is 65.1 Å². The second-order valence-electron chi connectivity index (χ2n) is 12.8. The molecule has 1 aliphatic heterocycles. The molecule has 2 atom stereocenters. The van der Waals surface area contributed by atoms with E-state index < -0.39 is 14.2 Å². The molecule has 3 aromatic carbocycles. The predicted octanol–water partition coefficient (Wildman–Crippen LogP) is 9.66. The van der Waals surface area contributed by atoms with Crippen LogP contribution in [0.5, 0.6) is 0 Å². The van der Waals surface area contributed by atoms with Crippen molar-refractivity contribution in [1.82, 2.24) is 4.90 Å². The van der Waals surface area contributed by atoms with Gasteiger partial charge in [-0.25, -0.2) is 0 Å². The van der Waals surface area contributed by atoms with Crippen LogP contribution in [0.4, 0.5) is 0 Å². The summed E-state index contributed by atoms with van der Waals surface area (Å²) in [6.45, 7) is 12.4. The zero-order valence-electron chi connectivity index (χ0n) is 25.9. The van der Waals surface area contributed by atoms with Crippen LogP contribution < -0.4 is 0 Å². The summed E-state index contributed by atoms with van der Waals surface area (Å²) in [5.41, 5.74) is 6.68. The van der Waals surface area contributed by atoms with Gasteiger partial charge in [-0.05, 0) is 45.9 Å². The maximum absolute atomic E-state index is 12.4. The molecule has 0 radical (unpaired) electrons. The minimum atomic E-state index is -1.88. The van der Waals surface area contributed by atoms with Crippen molar-refractivity contribution in [3.8, 4) is 0 Å². The number of likely N-dealkylation sites (tertiary alicyclic amines) is 1. The van der Waals surface area contributed by atoms with E-state index in [0.29, 0.717) is 0 Å². The Morgan fingerprint density at radius 3 is 2.07 bits per heavy atom. The molecule has 3 heteroatoms. The second kappa shape index (κ2) is 15.5. The molecule has 41 heavy (non-hydrogen) atoms. The van der Waals surface area contributed by atoms with Crippen molar-refractivity contribution in [2.45, 2.75) is 90.1 Å². The molecule has 1 N–H and O–H groups in total. The molecule has 218 valence electrons. The maximum Gasteiger partial charge on any atom is 0.0789 e. The Bertz CT molecular complexity index is 1240. The summed E-state index contributed by atoms with van der Waals surface area (Å²) in [6, 6.07) is 32.4. The van der Waals surface area contributed by atoms with Crippen molar-refractivity contribution >= 4 is 14.1 Å². The molecule has 0 aromatic heterocycles. The number of piperidine rings is 1. The van der Waals surface area contributed by atoms with Gasteiger partial charge in [-0.1, -0.05) is 156 Å². The van der Waals surface area contributed by atoms with Crippen LogP contribution in [0.15, 0.2) is 107 Å². The summed E-state index contributed by atoms with van der Waals surface area (Å²) in [5, 5.41) is 13.8. The van der Waals surface area contributed by atoms with Gasteiger partial charge in [-0.15, -0.1) is 0 Å². The summed E-state index contributed by atoms with van der Waals surface area (Å²) < 4.78 is 0. The van der Waals surface area contributed by atoms with Gasteiger partial charge in [0, 0.05) is 25.6 Å². The fourth-order valence-electron chi connectivity index (χ4n) is 6.46. The summed E-state index contributed by atoms with van der Waals surface area (Å²) >= 11 is 0. The van der Waals surface area contributed by atoms with Crippen LogP contribution in [0, 0.1) is 0 Å². The van der Waals surface area contributed by atoms with Gasteiger partial charge in [0.1, 0.15) is 0 Å². The first-order chi connectivity index (χ1) is 19.9. The lowest BCUT2D eigenvalue weighted by Crippen LogP contribution is -2.40. The van der Waals surface area contributed by atoms with Crippen molar-refractivity contribution in [2.75, 3.05) is 13.1 Å². The van der Waals surface area contributed by atoms with Crippen molar-refractivity contribution in [3.63, 3.8) is 0 Å². The largest absolute Gasteiger partial charge is 0.388 e. The van der Waals surface area contributed by atoms with Gasteiger partial charge in [0.15, 0.2) is 0 Å². The first kappa shape index (κ1) is 31.2. The van der Waals surface area contributed by atoms with Gasteiger partial charge in [0.05, 0.1) is 14.2 Å². The van der Waals surface area contributed by atoms with E-state index in [2.05, 4.69) is 129 Å². The molecule has 1 fully saturated rings. The quantitative estimate of drug-likeness (QED) is 0.165. The lowest BCUT2D eigenvalue weighted by molar-refractivity contribution is 0.175. The fraction of sp³-hybridized carbons (Fsp3) is 0.421. The highest BCUT2D eigenvalue weighted by molar-refractivity contribution is 6.83. The van der Waals surface area contributed by atoms with Crippen LogP contribution in [-0.2, 0) is 6.54 Å². The van der Waals surface area contributed by atoms with Gasteiger partial charge < -0.3 is 5.11 Å².